The minimum Gasteiger partial charge on any atom is -0.440 e. The van der Waals surface area contributed by atoms with Gasteiger partial charge in [-0.15, -0.1) is 0 Å². The molecule has 1 saturated heterocycles. The van der Waals surface area contributed by atoms with Crippen LogP contribution in [0.2, 0.25) is 5.22 Å². The van der Waals surface area contributed by atoms with Crippen LogP contribution in [0.1, 0.15) is 41.0 Å². The highest BCUT2D eigenvalue weighted by atomic mass is 35.5. The highest BCUT2D eigenvalue weighted by Gasteiger charge is 2.29. The van der Waals surface area contributed by atoms with Gasteiger partial charge in [-0.1, -0.05) is 5.16 Å². The van der Waals surface area contributed by atoms with Crippen molar-refractivity contribution in [1.29, 1.82) is 0 Å². The Balaban J connectivity index is 1.73. The lowest BCUT2D eigenvalue weighted by Crippen LogP contribution is -2.39. The predicted molar refractivity (Wildman–Crippen MR) is 70.6 cm³/mol. The first-order valence-corrected chi connectivity index (χ1v) is 6.86. The fourth-order valence-corrected chi connectivity index (χ4v) is 2.58. The maximum atomic E-state index is 12.3. The van der Waals surface area contributed by atoms with E-state index in [-0.39, 0.29) is 22.8 Å². The molecule has 20 heavy (non-hydrogen) atoms. The second-order valence-corrected chi connectivity index (χ2v) is 5.24. The van der Waals surface area contributed by atoms with Gasteiger partial charge in [-0.2, -0.15) is 4.98 Å². The normalized spacial score (nSPS) is 19.3. The molecule has 0 aromatic carbocycles. The highest BCUT2D eigenvalue weighted by Crippen LogP contribution is 2.26. The van der Waals surface area contributed by atoms with E-state index in [2.05, 4.69) is 10.1 Å². The molecule has 1 atom stereocenters. The van der Waals surface area contributed by atoms with Crippen molar-refractivity contribution in [3.05, 3.63) is 34.8 Å². The second-order valence-electron chi connectivity index (χ2n) is 4.87. The average Bonchev–Trinajstić information content (AvgIpc) is 3.07. The van der Waals surface area contributed by atoms with Crippen LogP contribution in [0.15, 0.2) is 21.1 Å². The van der Waals surface area contributed by atoms with Crippen molar-refractivity contribution in [2.45, 2.75) is 25.7 Å². The number of furan rings is 1. The molecule has 1 aliphatic heterocycles. The van der Waals surface area contributed by atoms with Crippen LogP contribution in [0.4, 0.5) is 0 Å². The Hall–Kier alpha value is -1.82. The van der Waals surface area contributed by atoms with Crippen LogP contribution < -0.4 is 0 Å². The second kappa shape index (κ2) is 5.28. The van der Waals surface area contributed by atoms with Crippen LogP contribution in [-0.2, 0) is 0 Å². The summed E-state index contributed by atoms with van der Waals surface area (Å²) < 4.78 is 10.2. The first-order valence-electron chi connectivity index (χ1n) is 6.48. The summed E-state index contributed by atoms with van der Waals surface area (Å²) >= 11 is 5.70. The lowest BCUT2D eigenvalue weighted by Gasteiger charge is -2.30. The van der Waals surface area contributed by atoms with Gasteiger partial charge in [0.25, 0.3) is 5.91 Å². The molecule has 2 aromatic heterocycles. The minimum atomic E-state index is -0.151. The summed E-state index contributed by atoms with van der Waals surface area (Å²) in [7, 11) is 0. The zero-order valence-corrected chi connectivity index (χ0v) is 11.8. The van der Waals surface area contributed by atoms with E-state index >= 15 is 0 Å². The van der Waals surface area contributed by atoms with Gasteiger partial charge < -0.3 is 13.8 Å². The Kier molecular flexibility index (Phi) is 3.48. The van der Waals surface area contributed by atoms with Crippen LogP contribution in [-0.4, -0.2) is 34.0 Å². The summed E-state index contributed by atoms with van der Waals surface area (Å²) in [6, 6.07) is 3.16. The van der Waals surface area contributed by atoms with Crippen LogP contribution in [0.5, 0.6) is 0 Å². The van der Waals surface area contributed by atoms with E-state index in [1.165, 1.54) is 0 Å². The third kappa shape index (κ3) is 2.56. The van der Waals surface area contributed by atoms with Gasteiger partial charge in [0.2, 0.25) is 5.89 Å². The highest BCUT2D eigenvalue weighted by molar-refractivity contribution is 6.29. The van der Waals surface area contributed by atoms with Gasteiger partial charge in [0, 0.05) is 25.9 Å². The molecule has 0 saturated carbocycles. The van der Waals surface area contributed by atoms with Crippen molar-refractivity contribution >= 4 is 17.5 Å². The van der Waals surface area contributed by atoms with Gasteiger partial charge in [-0.25, -0.2) is 0 Å². The Morgan fingerprint density at radius 3 is 3.00 bits per heavy atom. The minimum absolute atomic E-state index is 0.107. The van der Waals surface area contributed by atoms with Crippen molar-refractivity contribution < 1.29 is 13.7 Å². The van der Waals surface area contributed by atoms with E-state index in [9.17, 15) is 4.79 Å². The van der Waals surface area contributed by atoms with Crippen LogP contribution in [0.3, 0.4) is 0 Å². The number of nitrogens with zero attached hydrogens (tertiary/aromatic N) is 3. The fourth-order valence-electron chi connectivity index (χ4n) is 2.44. The van der Waals surface area contributed by atoms with Crippen molar-refractivity contribution in [1.82, 2.24) is 15.0 Å². The molecule has 7 heteroatoms. The zero-order chi connectivity index (χ0) is 14.1. The molecule has 1 fully saturated rings. The molecule has 2 aromatic rings. The Morgan fingerprint density at radius 2 is 2.35 bits per heavy atom. The van der Waals surface area contributed by atoms with E-state index in [1.807, 2.05) is 0 Å². The van der Waals surface area contributed by atoms with E-state index in [0.29, 0.717) is 24.8 Å². The molecule has 1 amide bonds. The summed E-state index contributed by atoms with van der Waals surface area (Å²) in [5.41, 5.74) is 0. The molecule has 6 nitrogen and oxygen atoms in total. The monoisotopic (exact) mass is 295 g/mol. The van der Waals surface area contributed by atoms with Gasteiger partial charge in [0.1, 0.15) is 0 Å². The first kappa shape index (κ1) is 13.2. The molecule has 0 N–H and O–H groups in total. The standard InChI is InChI=1S/C13H14ClN3O3/c1-8-15-12(16-20-8)9-3-2-6-17(7-9)13(18)10-4-5-11(14)19-10/h4-5,9H,2-3,6-7H2,1H3. The maximum Gasteiger partial charge on any atom is 0.289 e. The summed E-state index contributed by atoms with van der Waals surface area (Å²) in [5.74, 6) is 1.43. The number of rotatable bonds is 2. The number of amides is 1. The number of hydrogen-bond donors (Lipinski definition) is 0. The number of aryl methyl sites for hydroxylation is 1. The smallest absolute Gasteiger partial charge is 0.289 e. The van der Waals surface area contributed by atoms with Crippen molar-refractivity contribution in [3.8, 4) is 0 Å². The lowest BCUT2D eigenvalue weighted by molar-refractivity contribution is 0.0671. The molecular weight excluding hydrogens is 282 g/mol. The summed E-state index contributed by atoms with van der Waals surface area (Å²) in [4.78, 5) is 18.3. The average molecular weight is 296 g/mol. The lowest BCUT2D eigenvalue weighted by atomic mass is 9.97. The molecule has 3 heterocycles. The van der Waals surface area contributed by atoms with E-state index < -0.39 is 0 Å². The van der Waals surface area contributed by atoms with Crippen molar-refractivity contribution in [2.75, 3.05) is 13.1 Å². The largest absolute Gasteiger partial charge is 0.440 e. The predicted octanol–water partition coefficient (Wildman–Crippen LogP) is 2.64. The summed E-state index contributed by atoms with van der Waals surface area (Å²) in [6.45, 7) is 3.02. The Labute approximate surface area is 120 Å². The summed E-state index contributed by atoms with van der Waals surface area (Å²) in [6.07, 6.45) is 1.85. The van der Waals surface area contributed by atoms with Crippen LogP contribution in [0.25, 0.3) is 0 Å². The van der Waals surface area contributed by atoms with Crippen LogP contribution >= 0.6 is 11.6 Å². The quantitative estimate of drug-likeness (QED) is 0.851. The molecule has 0 bridgehead atoms. The number of piperidine rings is 1. The number of aromatic nitrogens is 2. The van der Waals surface area contributed by atoms with Crippen molar-refractivity contribution in [2.24, 2.45) is 0 Å². The SMILES string of the molecule is Cc1nc(C2CCCN(C(=O)c3ccc(Cl)o3)C2)no1. The number of carbonyl (C=O) groups excluding carboxylic acids is 1. The third-order valence-electron chi connectivity index (χ3n) is 3.40. The van der Waals surface area contributed by atoms with Gasteiger partial charge in [-0.3, -0.25) is 4.79 Å². The molecule has 106 valence electrons. The van der Waals surface area contributed by atoms with Gasteiger partial charge >= 0.3 is 0 Å². The molecule has 0 spiro atoms. The van der Waals surface area contributed by atoms with Gasteiger partial charge in [-0.05, 0) is 36.6 Å². The Morgan fingerprint density at radius 1 is 1.50 bits per heavy atom. The fraction of sp³-hybridized carbons (Fsp3) is 0.462. The first-order chi connectivity index (χ1) is 9.63. The van der Waals surface area contributed by atoms with Gasteiger partial charge in [0.15, 0.2) is 16.8 Å². The van der Waals surface area contributed by atoms with Crippen LogP contribution in [0, 0.1) is 6.92 Å². The maximum absolute atomic E-state index is 12.3. The molecule has 0 radical (unpaired) electrons. The van der Waals surface area contributed by atoms with E-state index in [1.54, 1.807) is 24.0 Å². The molecule has 3 rings (SSSR count). The zero-order valence-electron chi connectivity index (χ0n) is 11.0. The Bertz CT molecular complexity index is 622. The van der Waals surface area contributed by atoms with Crippen molar-refractivity contribution in [3.63, 3.8) is 0 Å². The third-order valence-corrected chi connectivity index (χ3v) is 3.60. The van der Waals surface area contributed by atoms with Gasteiger partial charge in [0.05, 0.1) is 0 Å². The number of halogens is 1. The summed E-state index contributed by atoms with van der Waals surface area (Å²) in [5, 5.41) is 4.16. The van der Waals surface area contributed by atoms with E-state index in [4.69, 9.17) is 20.5 Å². The number of likely N-dealkylation sites (tertiary alicyclic amines) is 1. The molecular formula is C13H14ClN3O3. The van der Waals surface area contributed by atoms with E-state index in [0.717, 1.165) is 12.8 Å². The number of carbonyl (C=O) groups is 1. The molecule has 0 aliphatic carbocycles. The topological polar surface area (TPSA) is 72.4 Å². The molecule has 1 unspecified atom stereocenters. The molecule has 1 aliphatic rings. The number of hydrogen-bond acceptors (Lipinski definition) is 5.